The molecule has 2 fully saturated rings. The number of carbonyl (C=O) groups excluding carboxylic acids is 3. The van der Waals surface area contributed by atoms with E-state index in [-0.39, 0.29) is 42.3 Å². The zero-order valence-electron chi connectivity index (χ0n) is 20.3. The largest absolute Gasteiger partial charge is 0.433 e. The van der Waals surface area contributed by atoms with Crippen molar-refractivity contribution in [2.45, 2.75) is 76.3 Å². The van der Waals surface area contributed by atoms with E-state index >= 15 is 0 Å². The number of hydrogen-bond acceptors (Lipinski definition) is 5. The Bertz CT molecular complexity index is 1220. The summed E-state index contributed by atoms with van der Waals surface area (Å²) in [6.07, 6.45) is 1.89. The molecule has 1 saturated carbocycles. The van der Waals surface area contributed by atoms with Gasteiger partial charge in [-0.1, -0.05) is 31.0 Å². The summed E-state index contributed by atoms with van der Waals surface area (Å²) >= 11 is 0. The van der Waals surface area contributed by atoms with Gasteiger partial charge >= 0.3 is 6.18 Å². The molecule has 2 aliphatic heterocycles. The Morgan fingerprint density at radius 1 is 1.08 bits per heavy atom. The van der Waals surface area contributed by atoms with E-state index in [0.29, 0.717) is 18.5 Å². The maximum Gasteiger partial charge on any atom is 0.433 e. The van der Waals surface area contributed by atoms with Gasteiger partial charge in [0.05, 0.1) is 0 Å². The van der Waals surface area contributed by atoms with E-state index < -0.39 is 23.8 Å². The molecule has 5 rings (SSSR count). The Balaban J connectivity index is 1.26. The van der Waals surface area contributed by atoms with Crippen molar-refractivity contribution >= 4 is 17.7 Å². The number of pyridine rings is 1. The van der Waals surface area contributed by atoms with Gasteiger partial charge in [-0.15, -0.1) is 0 Å². The molecule has 3 atom stereocenters. The topological polar surface area (TPSA) is 91.4 Å². The van der Waals surface area contributed by atoms with E-state index in [4.69, 9.17) is 0 Å². The van der Waals surface area contributed by atoms with Gasteiger partial charge in [-0.2, -0.15) is 13.2 Å². The maximum atomic E-state index is 13.3. The molecule has 37 heavy (non-hydrogen) atoms. The van der Waals surface area contributed by atoms with Crippen LogP contribution in [0, 0.1) is 5.92 Å². The van der Waals surface area contributed by atoms with Crippen molar-refractivity contribution in [1.82, 2.24) is 20.5 Å². The summed E-state index contributed by atoms with van der Waals surface area (Å²) in [5.74, 6) is -0.705. The number of nitrogens with zero attached hydrogens (tertiary/aromatic N) is 2. The van der Waals surface area contributed by atoms with Crippen LogP contribution in [0.5, 0.6) is 0 Å². The number of fused-ring (bicyclic) bond motifs is 1. The number of nitrogens with one attached hydrogen (secondary N) is 2. The molecule has 1 saturated heterocycles. The van der Waals surface area contributed by atoms with Gasteiger partial charge in [-0.05, 0) is 60.4 Å². The summed E-state index contributed by atoms with van der Waals surface area (Å²) < 4.78 is 40.0. The number of aromatic nitrogens is 1. The van der Waals surface area contributed by atoms with Crippen molar-refractivity contribution in [2.24, 2.45) is 5.92 Å². The molecule has 3 aliphatic rings. The number of amides is 3. The molecule has 7 nitrogen and oxygen atoms in total. The molecule has 1 unspecified atom stereocenters. The molecule has 0 bridgehead atoms. The molecule has 3 heterocycles. The van der Waals surface area contributed by atoms with Crippen molar-refractivity contribution in [3.63, 3.8) is 0 Å². The van der Waals surface area contributed by atoms with Crippen molar-refractivity contribution in [3.05, 3.63) is 64.5 Å². The summed E-state index contributed by atoms with van der Waals surface area (Å²) in [6.45, 7) is 0.422. The second kappa shape index (κ2) is 10.2. The molecule has 0 spiro atoms. The van der Waals surface area contributed by atoms with Gasteiger partial charge in [0.25, 0.3) is 5.91 Å². The van der Waals surface area contributed by atoms with Gasteiger partial charge < -0.3 is 10.2 Å². The Morgan fingerprint density at radius 2 is 1.89 bits per heavy atom. The molecule has 1 aromatic carbocycles. The number of halogens is 3. The zero-order valence-corrected chi connectivity index (χ0v) is 20.3. The summed E-state index contributed by atoms with van der Waals surface area (Å²) in [5.41, 5.74) is 1.79. The molecule has 1 aromatic heterocycles. The van der Waals surface area contributed by atoms with Crippen molar-refractivity contribution in [2.75, 3.05) is 0 Å². The lowest BCUT2D eigenvalue weighted by Gasteiger charge is -2.33. The first kappa shape index (κ1) is 25.4. The predicted molar refractivity (Wildman–Crippen MR) is 128 cm³/mol. The second-order valence-corrected chi connectivity index (χ2v) is 10.1. The molecule has 3 amide bonds. The van der Waals surface area contributed by atoms with Crippen LogP contribution < -0.4 is 10.6 Å². The van der Waals surface area contributed by atoms with Gasteiger partial charge in [0, 0.05) is 37.3 Å². The third kappa shape index (κ3) is 5.39. The van der Waals surface area contributed by atoms with Gasteiger partial charge in [-0.3, -0.25) is 24.7 Å². The smallest absolute Gasteiger partial charge is 0.322 e. The SMILES string of the molecule is O=C1CCC(N2Cc3cc(C[C@H]4CCCC[C@@H]4NCc4cccnc4C(F)(F)F)ccc3C2=O)C(=O)N1. The van der Waals surface area contributed by atoms with Crippen molar-refractivity contribution in [3.8, 4) is 0 Å². The molecule has 0 radical (unpaired) electrons. The summed E-state index contributed by atoms with van der Waals surface area (Å²) in [7, 11) is 0. The fourth-order valence-corrected chi connectivity index (χ4v) is 5.86. The van der Waals surface area contributed by atoms with Crippen LogP contribution in [0.15, 0.2) is 36.5 Å². The van der Waals surface area contributed by atoms with E-state index in [1.165, 1.54) is 17.0 Å². The van der Waals surface area contributed by atoms with E-state index in [9.17, 15) is 27.6 Å². The van der Waals surface area contributed by atoms with Crippen LogP contribution in [0.2, 0.25) is 0 Å². The Hall–Kier alpha value is -3.27. The first-order chi connectivity index (χ1) is 17.7. The first-order valence-electron chi connectivity index (χ1n) is 12.7. The van der Waals surface area contributed by atoms with Gasteiger partial charge in [-0.25, -0.2) is 0 Å². The Labute approximate surface area is 212 Å². The minimum absolute atomic E-state index is 0.0740. The van der Waals surface area contributed by atoms with E-state index in [0.717, 1.165) is 49.4 Å². The lowest BCUT2D eigenvalue weighted by atomic mass is 9.80. The van der Waals surface area contributed by atoms with E-state index in [2.05, 4.69) is 15.6 Å². The van der Waals surface area contributed by atoms with Crippen LogP contribution in [0.1, 0.15) is 71.3 Å². The number of imide groups is 1. The highest BCUT2D eigenvalue weighted by atomic mass is 19.4. The number of hydrogen-bond donors (Lipinski definition) is 2. The van der Waals surface area contributed by atoms with E-state index in [1.807, 2.05) is 12.1 Å². The van der Waals surface area contributed by atoms with Crippen LogP contribution in [0.25, 0.3) is 0 Å². The van der Waals surface area contributed by atoms with Gasteiger partial charge in [0.15, 0.2) is 0 Å². The molecule has 10 heteroatoms. The Morgan fingerprint density at radius 3 is 2.68 bits per heavy atom. The maximum absolute atomic E-state index is 13.3. The highest BCUT2D eigenvalue weighted by Crippen LogP contribution is 2.33. The highest BCUT2D eigenvalue weighted by molar-refractivity contribution is 6.05. The third-order valence-electron chi connectivity index (χ3n) is 7.71. The minimum atomic E-state index is -4.49. The monoisotopic (exact) mass is 514 g/mol. The number of benzene rings is 1. The standard InChI is InChI=1S/C27H29F3N4O3/c28-27(29,30)24-18(5-3-11-31-24)14-32-21-6-2-1-4-17(21)12-16-7-8-20-19(13-16)15-34(26(20)37)22-9-10-23(35)33-25(22)36/h3,5,7-8,11,13,17,21-22,32H,1-2,4,6,9-10,12,14-15H2,(H,33,35,36)/t17-,21+,22?/m1/s1. The normalized spacial score (nSPS) is 24.2. The highest BCUT2D eigenvalue weighted by Gasteiger charge is 2.39. The predicted octanol–water partition coefficient (Wildman–Crippen LogP) is 3.75. The van der Waals surface area contributed by atoms with Gasteiger partial charge in [0.2, 0.25) is 11.8 Å². The molecular weight excluding hydrogens is 485 g/mol. The van der Waals surface area contributed by atoms with Crippen LogP contribution in [-0.4, -0.2) is 39.7 Å². The average Bonchev–Trinajstić information content (AvgIpc) is 3.18. The average molecular weight is 515 g/mol. The molecule has 2 N–H and O–H groups in total. The minimum Gasteiger partial charge on any atom is -0.322 e. The zero-order chi connectivity index (χ0) is 26.2. The van der Waals surface area contributed by atoms with Crippen LogP contribution in [0.4, 0.5) is 13.2 Å². The van der Waals surface area contributed by atoms with Crippen LogP contribution in [-0.2, 0) is 35.3 Å². The fourth-order valence-electron chi connectivity index (χ4n) is 5.86. The lowest BCUT2D eigenvalue weighted by molar-refractivity contribution is -0.142. The summed E-state index contributed by atoms with van der Waals surface area (Å²) in [6, 6.07) is 8.15. The van der Waals surface area contributed by atoms with Crippen LogP contribution >= 0.6 is 0 Å². The van der Waals surface area contributed by atoms with Crippen molar-refractivity contribution < 1.29 is 27.6 Å². The molecular formula is C27H29F3N4O3. The number of alkyl halides is 3. The molecule has 196 valence electrons. The lowest BCUT2D eigenvalue weighted by Crippen LogP contribution is -2.52. The fraction of sp³-hybridized carbons (Fsp3) is 0.481. The number of carbonyl (C=O) groups is 3. The van der Waals surface area contributed by atoms with E-state index in [1.54, 1.807) is 6.07 Å². The molecule has 1 aliphatic carbocycles. The number of piperidine rings is 1. The number of rotatable bonds is 6. The van der Waals surface area contributed by atoms with Crippen molar-refractivity contribution in [1.29, 1.82) is 0 Å². The van der Waals surface area contributed by atoms with Crippen LogP contribution in [0.3, 0.4) is 0 Å². The first-order valence-corrected chi connectivity index (χ1v) is 12.7. The van der Waals surface area contributed by atoms with Gasteiger partial charge in [0.1, 0.15) is 11.7 Å². The summed E-state index contributed by atoms with van der Waals surface area (Å²) in [4.78, 5) is 41.8. The quantitative estimate of drug-likeness (QED) is 0.573. The second-order valence-electron chi connectivity index (χ2n) is 10.1. The third-order valence-corrected chi connectivity index (χ3v) is 7.71. The molecule has 2 aromatic rings. The summed E-state index contributed by atoms with van der Waals surface area (Å²) in [5, 5.41) is 5.68. The Kier molecular flexibility index (Phi) is 7.02.